The van der Waals surface area contributed by atoms with Crippen molar-refractivity contribution in [3.05, 3.63) is 0 Å². The second-order valence-corrected chi connectivity index (χ2v) is 9.43. The summed E-state index contributed by atoms with van der Waals surface area (Å²) in [6.07, 6.45) is 7.55. The second-order valence-electron chi connectivity index (χ2n) is 9.43. The van der Waals surface area contributed by atoms with E-state index in [0.29, 0.717) is 24.0 Å². The van der Waals surface area contributed by atoms with Gasteiger partial charge in [0.25, 0.3) is 0 Å². The summed E-state index contributed by atoms with van der Waals surface area (Å²) in [4.78, 5) is 0. The minimum absolute atomic E-state index is 0.481. The van der Waals surface area contributed by atoms with Crippen LogP contribution in [0.5, 0.6) is 0 Å². The van der Waals surface area contributed by atoms with Gasteiger partial charge < -0.3 is 4.74 Å². The van der Waals surface area contributed by atoms with Gasteiger partial charge in [-0.2, -0.15) is 0 Å². The number of rotatable bonds is 5. The molecule has 0 bridgehead atoms. The zero-order valence-electron chi connectivity index (χ0n) is 17.7. The van der Waals surface area contributed by atoms with Crippen molar-refractivity contribution in [3.8, 4) is 0 Å². The van der Waals surface area contributed by atoms with Crippen molar-refractivity contribution in [2.75, 3.05) is 0 Å². The maximum absolute atomic E-state index is 6.97. The Labute approximate surface area is 152 Å². The minimum atomic E-state index is 0.481. The molecule has 142 valence electrons. The van der Waals surface area contributed by atoms with Gasteiger partial charge in [0.1, 0.15) is 0 Å². The van der Waals surface area contributed by atoms with Gasteiger partial charge in [0.05, 0.1) is 12.2 Å². The maximum Gasteiger partial charge on any atom is 0.0635 e. The van der Waals surface area contributed by atoms with Gasteiger partial charge in [0, 0.05) is 0 Å². The first kappa shape index (κ1) is 20.3. The molecule has 0 spiro atoms. The summed E-state index contributed by atoms with van der Waals surface area (Å²) in [7, 11) is 0. The quantitative estimate of drug-likeness (QED) is 0.536. The lowest BCUT2D eigenvalue weighted by Gasteiger charge is -2.49. The Balaban J connectivity index is 2.12. The molecule has 2 fully saturated rings. The third-order valence-corrected chi connectivity index (χ3v) is 8.47. The van der Waals surface area contributed by atoms with E-state index >= 15 is 0 Å². The number of hydrogen-bond donors (Lipinski definition) is 0. The third-order valence-electron chi connectivity index (χ3n) is 8.47. The van der Waals surface area contributed by atoms with Crippen molar-refractivity contribution in [1.29, 1.82) is 0 Å². The molecule has 2 saturated carbocycles. The largest absolute Gasteiger partial charge is 0.374 e. The molecule has 0 aromatic rings. The van der Waals surface area contributed by atoms with Crippen molar-refractivity contribution >= 4 is 0 Å². The van der Waals surface area contributed by atoms with Crippen LogP contribution in [-0.2, 0) is 4.74 Å². The number of ether oxygens (including phenoxy) is 1. The normalized spacial score (nSPS) is 50.0. The van der Waals surface area contributed by atoms with E-state index < -0.39 is 0 Å². The van der Waals surface area contributed by atoms with Crippen LogP contribution in [0.3, 0.4) is 0 Å². The van der Waals surface area contributed by atoms with E-state index in [2.05, 4.69) is 55.4 Å². The van der Waals surface area contributed by atoms with Gasteiger partial charge in [0.15, 0.2) is 0 Å². The molecule has 0 amide bonds. The molecule has 4 unspecified atom stereocenters. The summed E-state index contributed by atoms with van der Waals surface area (Å²) in [6, 6.07) is 0. The Morgan fingerprint density at radius 2 is 1.29 bits per heavy atom. The number of hydrogen-bond acceptors (Lipinski definition) is 1. The molecule has 0 aromatic carbocycles. The van der Waals surface area contributed by atoms with Gasteiger partial charge in [-0.25, -0.2) is 0 Å². The molecule has 1 nitrogen and oxygen atoms in total. The fraction of sp³-hybridized carbons (Fsp3) is 1.00. The summed E-state index contributed by atoms with van der Waals surface area (Å²) in [6.45, 7) is 19.4. The predicted octanol–water partition coefficient (Wildman–Crippen LogP) is 6.81. The Kier molecular flexibility index (Phi) is 7.23. The van der Waals surface area contributed by atoms with Crippen molar-refractivity contribution in [2.24, 2.45) is 47.3 Å². The van der Waals surface area contributed by atoms with Crippen molar-refractivity contribution in [3.63, 3.8) is 0 Å². The molecule has 0 heterocycles. The summed E-state index contributed by atoms with van der Waals surface area (Å²) in [5.41, 5.74) is 0. The predicted molar refractivity (Wildman–Crippen MR) is 105 cm³/mol. The topological polar surface area (TPSA) is 9.23 Å². The molecule has 0 aromatic heterocycles. The first-order chi connectivity index (χ1) is 11.3. The second kappa shape index (κ2) is 8.56. The van der Waals surface area contributed by atoms with E-state index in [1.165, 1.54) is 32.1 Å². The Morgan fingerprint density at radius 3 is 1.83 bits per heavy atom. The van der Waals surface area contributed by atoms with E-state index in [4.69, 9.17) is 4.74 Å². The van der Waals surface area contributed by atoms with Crippen LogP contribution in [0.1, 0.15) is 87.5 Å². The molecule has 10 atom stereocenters. The highest BCUT2D eigenvalue weighted by Crippen LogP contribution is 2.46. The highest BCUT2D eigenvalue weighted by atomic mass is 16.5. The van der Waals surface area contributed by atoms with Crippen LogP contribution in [0.4, 0.5) is 0 Å². The molecule has 2 aliphatic carbocycles. The molecule has 0 radical (unpaired) electrons. The molecular formula is C23H44O. The zero-order valence-corrected chi connectivity index (χ0v) is 17.7. The molecule has 24 heavy (non-hydrogen) atoms. The molecule has 0 aliphatic heterocycles. The van der Waals surface area contributed by atoms with Gasteiger partial charge in [-0.05, 0) is 60.2 Å². The van der Waals surface area contributed by atoms with E-state index in [1.807, 2.05) is 0 Å². The highest BCUT2D eigenvalue weighted by molar-refractivity contribution is 4.92. The molecule has 1 heteroatoms. The molecule has 0 N–H and O–H groups in total. The lowest BCUT2D eigenvalue weighted by atomic mass is 9.64. The maximum atomic E-state index is 6.97. The standard InChI is InChI=1S/C23H44O/c1-9-19-13-22(17(7)16(6)21(19)11-3)24-23-18(8)15(5)14(4)12-20(23)10-2/h14-23H,9-13H2,1-8H3/t14-,15?,16+,17?,18+,19?,20?,21+,22-,23+/m1/s1. The summed E-state index contributed by atoms with van der Waals surface area (Å²) in [5.74, 6) is 6.37. The molecule has 2 rings (SSSR count). The monoisotopic (exact) mass is 336 g/mol. The van der Waals surface area contributed by atoms with Crippen LogP contribution in [0.15, 0.2) is 0 Å². The van der Waals surface area contributed by atoms with Crippen LogP contribution in [0, 0.1) is 47.3 Å². The van der Waals surface area contributed by atoms with Crippen LogP contribution in [0.25, 0.3) is 0 Å². The minimum Gasteiger partial charge on any atom is -0.374 e. The van der Waals surface area contributed by atoms with Gasteiger partial charge in [-0.1, -0.05) is 74.7 Å². The lowest BCUT2D eigenvalue weighted by Crippen LogP contribution is -2.48. The van der Waals surface area contributed by atoms with Crippen molar-refractivity contribution in [1.82, 2.24) is 0 Å². The van der Waals surface area contributed by atoms with Crippen LogP contribution in [-0.4, -0.2) is 12.2 Å². The molecular weight excluding hydrogens is 292 g/mol. The Bertz CT molecular complexity index is 374. The van der Waals surface area contributed by atoms with Crippen molar-refractivity contribution < 1.29 is 4.74 Å². The van der Waals surface area contributed by atoms with Crippen LogP contribution < -0.4 is 0 Å². The van der Waals surface area contributed by atoms with Crippen LogP contribution in [0.2, 0.25) is 0 Å². The van der Waals surface area contributed by atoms with E-state index in [1.54, 1.807) is 0 Å². The summed E-state index contributed by atoms with van der Waals surface area (Å²) in [5, 5.41) is 0. The van der Waals surface area contributed by atoms with E-state index in [0.717, 1.165) is 35.5 Å². The molecule has 2 aliphatic rings. The smallest absolute Gasteiger partial charge is 0.0635 e. The van der Waals surface area contributed by atoms with E-state index in [-0.39, 0.29) is 0 Å². The average molecular weight is 337 g/mol. The average Bonchev–Trinajstić information content (AvgIpc) is 2.58. The van der Waals surface area contributed by atoms with Gasteiger partial charge >= 0.3 is 0 Å². The van der Waals surface area contributed by atoms with E-state index in [9.17, 15) is 0 Å². The van der Waals surface area contributed by atoms with Crippen molar-refractivity contribution in [2.45, 2.75) is 99.7 Å². The fourth-order valence-corrected chi connectivity index (χ4v) is 6.11. The van der Waals surface area contributed by atoms with Gasteiger partial charge in [-0.15, -0.1) is 0 Å². The first-order valence-electron chi connectivity index (χ1n) is 11.0. The molecule has 0 saturated heterocycles. The highest BCUT2D eigenvalue weighted by Gasteiger charge is 2.44. The fourth-order valence-electron chi connectivity index (χ4n) is 6.11. The van der Waals surface area contributed by atoms with Crippen LogP contribution >= 0.6 is 0 Å². The zero-order chi connectivity index (χ0) is 18.0. The summed E-state index contributed by atoms with van der Waals surface area (Å²) >= 11 is 0. The van der Waals surface area contributed by atoms with Gasteiger partial charge in [0.2, 0.25) is 0 Å². The Hall–Kier alpha value is -0.0400. The SMILES string of the molecule is CCC1C[C@@H](O[C@@H]2C(CC)C[C@@H](C)C(C)[C@@H]2C)C(C)[C@H](C)[C@@H]1CC. The Morgan fingerprint density at radius 1 is 0.667 bits per heavy atom. The first-order valence-corrected chi connectivity index (χ1v) is 11.0. The van der Waals surface area contributed by atoms with Gasteiger partial charge in [-0.3, -0.25) is 0 Å². The summed E-state index contributed by atoms with van der Waals surface area (Å²) < 4.78 is 6.97. The third kappa shape index (κ3) is 3.87. The lowest BCUT2D eigenvalue weighted by molar-refractivity contribution is -0.155.